The minimum Gasteiger partial charge on any atom is -0.352 e. The van der Waals surface area contributed by atoms with Gasteiger partial charge < -0.3 is 9.80 Å². The quantitative estimate of drug-likeness (QED) is 0.583. The van der Waals surface area contributed by atoms with E-state index in [1.807, 2.05) is 0 Å². The first-order valence-electron chi connectivity index (χ1n) is 9.13. The van der Waals surface area contributed by atoms with Crippen LogP contribution in [0.2, 0.25) is 5.02 Å². The summed E-state index contributed by atoms with van der Waals surface area (Å²) >= 11 is 7.29. The maximum atomic E-state index is 13.3. The molecule has 1 unspecified atom stereocenters. The Hall–Kier alpha value is -2.59. The molecule has 2 aromatic heterocycles. The summed E-state index contributed by atoms with van der Waals surface area (Å²) in [5, 5.41) is 3.80. The van der Waals surface area contributed by atoms with Gasteiger partial charge in [0, 0.05) is 36.9 Å². The van der Waals surface area contributed by atoms with E-state index in [0.29, 0.717) is 10.2 Å². The van der Waals surface area contributed by atoms with Gasteiger partial charge in [-0.05, 0) is 37.3 Å². The van der Waals surface area contributed by atoms with E-state index in [9.17, 15) is 18.0 Å². The van der Waals surface area contributed by atoms with Gasteiger partial charge >= 0.3 is 12.2 Å². The highest BCUT2D eigenvalue weighted by atomic mass is 35.5. The summed E-state index contributed by atoms with van der Waals surface area (Å²) in [7, 11) is 0. The minimum absolute atomic E-state index is 0.111. The van der Waals surface area contributed by atoms with Crippen LogP contribution in [0, 0.1) is 0 Å². The molecule has 11 heteroatoms. The average Bonchev–Trinajstić information content (AvgIpc) is 3.08. The predicted molar refractivity (Wildman–Crippen MR) is 111 cm³/mol. The Bertz CT molecular complexity index is 1090. The Kier molecular flexibility index (Phi) is 5.46. The monoisotopic (exact) mass is 455 g/mol. The Morgan fingerprint density at radius 2 is 2.10 bits per heavy atom. The van der Waals surface area contributed by atoms with E-state index in [0.717, 1.165) is 16.3 Å². The lowest BCUT2D eigenvalue weighted by atomic mass is 10.1. The highest BCUT2D eigenvalue weighted by molar-refractivity contribution is 7.22. The minimum atomic E-state index is -4.49. The van der Waals surface area contributed by atoms with Crippen LogP contribution < -0.4 is 10.2 Å². The lowest BCUT2D eigenvalue weighted by Crippen LogP contribution is -2.55. The number of alkyl halides is 3. The Morgan fingerprint density at radius 3 is 2.83 bits per heavy atom. The van der Waals surface area contributed by atoms with Crippen molar-refractivity contribution in [2.45, 2.75) is 19.1 Å². The number of nitrogens with one attached hydrogen (secondary N) is 1. The van der Waals surface area contributed by atoms with E-state index in [4.69, 9.17) is 11.6 Å². The van der Waals surface area contributed by atoms with Crippen LogP contribution in [0.3, 0.4) is 0 Å². The van der Waals surface area contributed by atoms with E-state index < -0.39 is 11.7 Å². The van der Waals surface area contributed by atoms with Crippen molar-refractivity contribution in [1.29, 1.82) is 0 Å². The van der Waals surface area contributed by atoms with Crippen LogP contribution in [0.4, 0.5) is 28.9 Å². The van der Waals surface area contributed by atoms with Crippen LogP contribution in [0.5, 0.6) is 0 Å². The van der Waals surface area contributed by atoms with E-state index in [1.54, 1.807) is 34.9 Å². The van der Waals surface area contributed by atoms with Crippen molar-refractivity contribution in [2.75, 3.05) is 29.9 Å². The molecule has 0 aliphatic carbocycles. The number of pyridine rings is 1. The number of piperazine rings is 1. The molecule has 1 aromatic carbocycles. The van der Waals surface area contributed by atoms with E-state index in [-0.39, 0.29) is 37.5 Å². The van der Waals surface area contributed by atoms with Gasteiger partial charge in [0.15, 0.2) is 5.13 Å². The first kappa shape index (κ1) is 20.7. The number of rotatable bonds is 2. The highest BCUT2D eigenvalue weighted by Crippen LogP contribution is 2.36. The summed E-state index contributed by atoms with van der Waals surface area (Å²) in [6.07, 6.45) is -3.15. The van der Waals surface area contributed by atoms with Gasteiger partial charge in [-0.1, -0.05) is 22.9 Å². The number of amides is 2. The summed E-state index contributed by atoms with van der Waals surface area (Å²) in [6, 6.07) is 6.90. The summed E-state index contributed by atoms with van der Waals surface area (Å²) in [5.74, 6) is -0.111. The molecule has 30 heavy (non-hydrogen) atoms. The van der Waals surface area contributed by atoms with Gasteiger partial charge in [-0.15, -0.1) is 0 Å². The smallest absolute Gasteiger partial charge is 0.352 e. The van der Waals surface area contributed by atoms with Crippen LogP contribution in [0.25, 0.3) is 10.2 Å². The number of carbonyl (C=O) groups excluding carboxylic acids is 1. The molecule has 1 N–H and O–H groups in total. The summed E-state index contributed by atoms with van der Waals surface area (Å²) < 4.78 is 40.8. The number of fused-ring (bicyclic) bond motifs is 1. The standard InChI is InChI=1S/C19H17ClF3N5OS/c1-11-10-27(16-13(19(21,22)23)3-2-6-24-16)7-8-28(11)18(29)26-17-25-14-5-4-12(20)9-15(14)30-17/h2-6,9,11H,7-8,10H2,1H3,(H,25,26,29). The summed E-state index contributed by atoms with van der Waals surface area (Å²) in [6.45, 7) is 2.54. The summed E-state index contributed by atoms with van der Waals surface area (Å²) in [5.41, 5.74) is -0.0457. The average molecular weight is 456 g/mol. The second-order valence-corrected chi connectivity index (χ2v) is 8.39. The fourth-order valence-corrected chi connectivity index (χ4v) is 4.57. The first-order valence-corrected chi connectivity index (χ1v) is 10.3. The van der Waals surface area contributed by atoms with Gasteiger partial charge in [0.25, 0.3) is 0 Å². The number of urea groups is 1. The molecular formula is C19H17ClF3N5OS. The molecule has 4 rings (SSSR count). The van der Waals surface area contributed by atoms with Crippen molar-refractivity contribution in [3.8, 4) is 0 Å². The number of thiazole rings is 1. The lowest BCUT2D eigenvalue weighted by Gasteiger charge is -2.40. The normalized spacial score (nSPS) is 17.4. The number of hydrogen-bond donors (Lipinski definition) is 1. The number of benzene rings is 1. The molecule has 1 fully saturated rings. The predicted octanol–water partition coefficient (Wildman–Crippen LogP) is 5.11. The van der Waals surface area contributed by atoms with E-state index >= 15 is 0 Å². The molecule has 158 valence electrons. The van der Waals surface area contributed by atoms with Crippen molar-refractivity contribution in [1.82, 2.24) is 14.9 Å². The fraction of sp³-hybridized carbons (Fsp3) is 0.316. The van der Waals surface area contributed by atoms with Crippen LogP contribution in [-0.2, 0) is 6.18 Å². The third-order valence-corrected chi connectivity index (χ3v) is 6.01. The zero-order valence-electron chi connectivity index (χ0n) is 15.8. The van der Waals surface area contributed by atoms with Crippen LogP contribution in [0.15, 0.2) is 36.5 Å². The van der Waals surface area contributed by atoms with E-state index in [2.05, 4.69) is 15.3 Å². The number of nitrogens with zero attached hydrogens (tertiary/aromatic N) is 4. The maximum absolute atomic E-state index is 13.3. The molecule has 2 amide bonds. The maximum Gasteiger partial charge on any atom is 0.419 e. The van der Waals surface area contributed by atoms with Crippen molar-refractivity contribution in [3.63, 3.8) is 0 Å². The molecule has 1 saturated heterocycles. The molecule has 3 heterocycles. The Balaban J connectivity index is 1.46. The van der Waals surface area contributed by atoms with Crippen molar-refractivity contribution in [3.05, 3.63) is 47.1 Å². The van der Waals surface area contributed by atoms with Crippen molar-refractivity contribution in [2.24, 2.45) is 0 Å². The molecule has 0 spiro atoms. The third-order valence-electron chi connectivity index (χ3n) is 4.84. The van der Waals surface area contributed by atoms with Gasteiger partial charge in [-0.25, -0.2) is 14.8 Å². The number of halogens is 4. The molecule has 6 nitrogen and oxygen atoms in total. The molecule has 1 aliphatic rings. The molecule has 1 aliphatic heterocycles. The first-order chi connectivity index (χ1) is 14.2. The van der Waals surface area contributed by atoms with Gasteiger partial charge in [0.05, 0.1) is 15.8 Å². The summed E-state index contributed by atoms with van der Waals surface area (Å²) in [4.78, 5) is 24.2. The largest absolute Gasteiger partial charge is 0.419 e. The second-order valence-electron chi connectivity index (χ2n) is 6.92. The van der Waals surface area contributed by atoms with Gasteiger partial charge in [0.1, 0.15) is 5.82 Å². The number of anilines is 2. The van der Waals surface area contributed by atoms with E-state index in [1.165, 1.54) is 23.6 Å². The van der Waals surface area contributed by atoms with Gasteiger partial charge in [-0.3, -0.25) is 5.32 Å². The molecule has 3 aromatic rings. The number of carbonyl (C=O) groups is 1. The van der Waals surface area contributed by atoms with Crippen LogP contribution >= 0.6 is 22.9 Å². The Morgan fingerprint density at radius 1 is 1.30 bits per heavy atom. The van der Waals surface area contributed by atoms with Crippen LogP contribution in [0.1, 0.15) is 12.5 Å². The molecule has 0 bridgehead atoms. The zero-order chi connectivity index (χ0) is 21.5. The number of hydrogen-bond acceptors (Lipinski definition) is 5. The molecule has 0 saturated carbocycles. The zero-order valence-corrected chi connectivity index (χ0v) is 17.4. The molecule has 0 radical (unpaired) electrons. The highest BCUT2D eigenvalue weighted by Gasteiger charge is 2.37. The lowest BCUT2D eigenvalue weighted by molar-refractivity contribution is -0.137. The molecule has 1 atom stereocenters. The van der Waals surface area contributed by atoms with Crippen LogP contribution in [-0.4, -0.2) is 46.6 Å². The van der Waals surface area contributed by atoms with Crippen molar-refractivity contribution >= 4 is 50.1 Å². The third kappa shape index (κ3) is 4.15. The SMILES string of the molecule is CC1CN(c2ncccc2C(F)(F)F)CCN1C(=O)Nc1nc2ccc(Cl)cc2s1. The second kappa shape index (κ2) is 7.92. The number of aromatic nitrogens is 2. The fourth-order valence-electron chi connectivity index (χ4n) is 3.44. The van der Waals surface area contributed by atoms with Crippen molar-refractivity contribution < 1.29 is 18.0 Å². The molecular weight excluding hydrogens is 439 g/mol. The topological polar surface area (TPSA) is 61.4 Å². The van der Waals surface area contributed by atoms with Gasteiger partial charge in [-0.2, -0.15) is 13.2 Å². The Labute approximate surface area is 179 Å². The van der Waals surface area contributed by atoms with Gasteiger partial charge in [0.2, 0.25) is 0 Å².